The molecule has 0 bridgehead atoms. The van der Waals surface area contributed by atoms with Crippen LogP contribution in [0.25, 0.3) is 5.69 Å². The summed E-state index contributed by atoms with van der Waals surface area (Å²) in [5.41, 5.74) is 1.42. The Labute approximate surface area is 109 Å². The number of carboxylic acids is 1. The van der Waals surface area contributed by atoms with Crippen molar-refractivity contribution in [1.29, 1.82) is 0 Å². The van der Waals surface area contributed by atoms with Crippen LogP contribution in [0.2, 0.25) is 0 Å². The fraction of sp³-hybridized carbons (Fsp3) is 0.308. The summed E-state index contributed by atoms with van der Waals surface area (Å²) in [5, 5.41) is 17.3. The van der Waals surface area contributed by atoms with E-state index in [1.54, 1.807) is 30.5 Å². The SMILES string of the molecule is CC1(c2cn(-c3ccccc3C(=O)O)nn2)COC1. The highest BCUT2D eigenvalue weighted by molar-refractivity contribution is 5.91. The standard InChI is InChI=1S/C13H13N3O3/c1-13(7-19-8-13)11-6-16(15-14-11)10-5-3-2-4-9(10)12(17)18/h2-6H,7-8H2,1H3,(H,17,18). The van der Waals surface area contributed by atoms with Crippen LogP contribution >= 0.6 is 0 Å². The number of rotatable bonds is 3. The van der Waals surface area contributed by atoms with Gasteiger partial charge in [-0.15, -0.1) is 5.10 Å². The number of carboxylic acid groups (broad SMARTS) is 1. The quantitative estimate of drug-likeness (QED) is 0.897. The Balaban J connectivity index is 2.01. The van der Waals surface area contributed by atoms with E-state index < -0.39 is 5.97 Å². The van der Waals surface area contributed by atoms with Gasteiger partial charge in [-0.05, 0) is 19.1 Å². The highest BCUT2D eigenvalue weighted by Crippen LogP contribution is 2.30. The molecule has 1 saturated heterocycles. The van der Waals surface area contributed by atoms with E-state index in [1.165, 1.54) is 4.68 Å². The molecule has 0 atom stereocenters. The molecule has 1 aromatic carbocycles. The summed E-state index contributed by atoms with van der Waals surface area (Å²) in [6, 6.07) is 6.72. The van der Waals surface area contributed by atoms with Crippen molar-refractivity contribution in [3.63, 3.8) is 0 Å². The first-order valence-corrected chi connectivity index (χ1v) is 5.93. The molecule has 1 N–H and O–H groups in total. The summed E-state index contributed by atoms with van der Waals surface area (Å²) < 4.78 is 6.70. The molecule has 1 fully saturated rings. The Morgan fingerprint density at radius 2 is 2.16 bits per heavy atom. The van der Waals surface area contributed by atoms with Gasteiger partial charge in [0.2, 0.25) is 0 Å². The first kappa shape index (κ1) is 11.9. The average molecular weight is 259 g/mol. The zero-order valence-corrected chi connectivity index (χ0v) is 10.4. The van der Waals surface area contributed by atoms with Crippen molar-refractivity contribution in [2.75, 3.05) is 13.2 Å². The molecule has 2 aromatic rings. The van der Waals surface area contributed by atoms with Gasteiger partial charge in [0, 0.05) is 0 Å². The minimum absolute atomic E-state index is 0.115. The molecule has 0 radical (unpaired) electrons. The second-order valence-corrected chi connectivity index (χ2v) is 4.92. The number of hydrogen-bond donors (Lipinski definition) is 1. The topological polar surface area (TPSA) is 77.2 Å². The van der Waals surface area contributed by atoms with E-state index in [9.17, 15) is 4.79 Å². The van der Waals surface area contributed by atoms with Gasteiger partial charge >= 0.3 is 5.97 Å². The van der Waals surface area contributed by atoms with Gasteiger partial charge in [0.05, 0.1) is 41.8 Å². The molecule has 1 aliphatic heterocycles. The van der Waals surface area contributed by atoms with Crippen LogP contribution in [-0.4, -0.2) is 39.3 Å². The number of aromatic nitrogens is 3. The summed E-state index contributed by atoms with van der Waals surface area (Å²) in [5.74, 6) is -0.981. The van der Waals surface area contributed by atoms with Gasteiger partial charge in [-0.25, -0.2) is 9.48 Å². The van der Waals surface area contributed by atoms with Gasteiger partial charge in [-0.2, -0.15) is 0 Å². The maximum Gasteiger partial charge on any atom is 0.337 e. The summed E-state index contributed by atoms with van der Waals surface area (Å²) in [4.78, 5) is 11.2. The molecule has 0 amide bonds. The van der Waals surface area contributed by atoms with Crippen LogP contribution in [0, 0.1) is 0 Å². The monoisotopic (exact) mass is 259 g/mol. The molecule has 0 spiro atoms. The van der Waals surface area contributed by atoms with Crippen molar-refractivity contribution < 1.29 is 14.6 Å². The van der Waals surface area contributed by atoms with Crippen LogP contribution in [0.1, 0.15) is 23.0 Å². The smallest absolute Gasteiger partial charge is 0.337 e. The van der Waals surface area contributed by atoms with Crippen LogP contribution in [0.4, 0.5) is 0 Å². The van der Waals surface area contributed by atoms with Crippen molar-refractivity contribution in [3.05, 3.63) is 41.7 Å². The number of carbonyl (C=O) groups is 1. The summed E-state index contributed by atoms with van der Waals surface area (Å²) >= 11 is 0. The first-order chi connectivity index (χ1) is 9.10. The fourth-order valence-corrected chi connectivity index (χ4v) is 2.07. The third kappa shape index (κ3) is 1.90. The van der Waals surface area contributed by atoms with Gasteiger partial charge in [0.15, 0.2) is 0 Å². The Morgan fingerprint density at radius 3 is 2.79 bits per heavy atom. The number of ether oxygens (including phenoxy) is 1. The van der Waals surface area contributed by atoms with Crippen LogP contribution in [0.5, 0.6) is 0 Å². The van der Waals surface area contributed by atoms with E-state index >= 15 is 0 Å². The van der Waals surface area contributed by atoms with Crippen LogP contribution < -0.4 is 0 Å². The van der Waals surface area contributed by atoms with Gasteiger partial charge < -0.3 is 9.84 Å². The number of benzene rings is 1. The number of para-hydroxylation sites is 1. The molecular formula is C13H13N3O3. The molecule has 3 rings (SSSR count). The summed E-state index contributed by atoms with van der Waals surface area (Å²) in [7, 11) is 0. The lowest BCUT2D eigenvalue weighted by atomic mass is 9.85. The fourth-order valence-electron chi connectivity index (χ4n) is 2.07. The second kappa shape index (κ2) is 4.17. The normalized spacial score (nSPS) is 16.9. The molecule has 1 aromatic heterocycles. The largest absolute Gasteiger partial charge is 0.478 e. The van der Waals surface area contributed by atoms with Gasteiger partial charge in [-0.3, -0.25) is 0 Å². The lowest BCUT2D eigenvalue weighted by Gasteiger charge is -2.35. The second-order valence-electron chi connectivity index (χ2n) is 4.92. The van der Waals surface area contributed by atoms with E-state index in [-0.39, 0.29) is 11.0 Å². The van der Waals surface area contributed by atoms with Gasteiger partial charge in [0.25, 0.3) is 0 Å². The Hall–Kier alpha value is -2.21. The van der Waals surface area contributed by atoms with Crippen LogP contribution in [0.3, 0.4) is 0 Å². The molecule has 1 aliphatic rings. The first-order valence-electron chi connectivity index (χ1n) is 5.93. The predicted molar refractivity (Wildman–Crippen MR) is 66.5 cm³/mol. The van der Waals surface area contributed by atoms with E-state index in [0.717, 1.165) is 5.69 Å². The van der Waals surface area contributed by atoms with Crippen molar-refractivity contribution in [1.82, 2.24) is 15.0 Å². The molecule has 98 valence electrons. The maximum absolute atomic E-state index is 11.2. The number of hydrogen-bond acceptors (Lipinski definition) is 4. The van der Waals surface area contributed by atoms with E-state index in [0.29, 0.717) is 18.9 Å². The molecular weight excluding hydrogens is 246 g/mol. The molecule has 6 heteroatoms. The number of aromatic carboxylic acids is 1. The highest BCUT2D eigenvalue weighted by Gasteiger charge is 2.38. The van der Waals surface area contributed by atoms with E-state index in [4.69, 9.17) is 9.84 Å². The zero-order chi connectivity index (χ0) is 13.5. The number of nitrogens with zero attached hydrogens (tertiary/aromatic N) is 3. The van der Waals surface area contributed by atoms with Gasteiger partial charge in [0.1, 0.15) is 0 Å². The summed E-state index contributed by atoms with van der Waals surface area (Å²) in [6.07, 6.45) is 1.77. The molecule has 0 saturated carbocycles. The average Bonchev–Trinajstić information content (AvgIpc) is 2.85. The minimum atomic E-state index is -0.981. The highest BCUT2D eigenvalue weighted by atomic mass is 16.5. The van der Waals surface area contributed by atoms with Crippen LogP contribution in [0.15, 0.2) is 30.5 Å². The third-order valence-electron chi connectivity index (χ3n) is 3.33. The predicted octanol–water partition coefficient (Wildman–Crippen LogP) is 1.25. The molecule has 0 unspecified atom stereocenters. The molecule has 6 nitrogen and oxygen atoms in total. The van der Waals surface area contributed by atoms with Crippen molar-refractivity contribution in [2.24, 2.45) is 0 Å². The molecule has 0 aliphatic carbocycles. The molecule has 2 heterocycles. The lowest BCUT2D eigenvalue weighted by molar-refractivity contribution is -0.0521. The van der Waals surface area contributed by atoms with Crippen molar-refractivity contribution in [2.45, 2.75) is 12.3 Å². The Morgan fingerprint density at radius 1 is 1.42 bits per heavy atom. The van der Waals surface area contributed by atoms with E-state index in [2.05, 4.69) is 10.3 Å². The van der Waals surface area contributed by atoms with Crippen molar-refractivity contribution in [3.8, 4) is 5.69 Å². The van der Waals surface area contributed by atoms with E-state index in [1.807, 2.05) is 6.92 Å². The third-order valence-corrected chi connectivity index (χ3v) is 3.33. The minimum Gasteiger partial charge on any atom is -0.478 e. The Kier molecular flexibility index (Phi) is 2.60. The van der Waals surface area contributed by atoms with Crippen molar-refractivity contribution >= 4 is 5.97 Å². The summed E-state index contributed by atoms with van der Waals surface area (Å²) in [6.45, 7) is 3.28. The van der Waals surface area contributed by atoms with Gasteiger partial charge in [-0.1, -0.05) is 17.3 Å². The maximum atomic E-state index is 11.2. The lowest BCUT2D eigenvalue weighted by Crippen LogP contribution is -2.44. The van der Waals surface area contributed by atoms with Crippen LogP contribution in [-0.2, 0) is 10.2 Å². The Bertz CT molecular complexity index is 632. The molecule has 19 heavy (non-hydrogen) atoms. The zero-order valence-electron chi connectivity index (χ0n) is 10.4.